The van der Waals surface area contributed by atoms with E-state index < -0.39 is 95.8 Å². The lowest BCUT2D eigenvalue weighted by Gasteiger charge is -2.35. The number of likely N-dealkylation sites (N-methyl/N-ethyl adjacent to an activating group) is 3. The number of carbonyl (C=O) groups excluding carboxylic acids is 7. The smallest absolute Gasteiger partial charge is 0.331 e. The molecule has 1 aliphatic rings. The molecule has 65 heavy (non-hydrogen) atoms. The van der Waals surface area contributed by atoms with Crippen LogP contribution in [0.1, 0.15) is 101 Å². The molecule has 1 aromatic rings. The zero-order chi connectivity index (χ0) is 49.5. The molecule has 0 saturated heterocycles. The molecular weight excluding hydrogens is 872 g/mol. The summed E-state index contributed by atoms with van der Waals surface area (Å²) in [5.74, 6) is -4.58. The second-order valence-corrected chi connectivity index (χ2v) is 19.5. The molecular formula is C48H75ClN6O9S. The van der Waals surface area contributed by atoms with Gasteiger partial charge in [0.2, 0.25) is 35.4 Å². The van der Waals surface area contributed by atoms with Crippen LogP contribution in [0.5, 0.6) is 0 Å². The lowest BCUT2D eigenvalue weighted by atomic mass is 9.90. The number of esters is 1. The first-order chi connectivity index (χ1) is 30.3. The van der Waals surface area contributed by atoms with Gasteiger partial charge >= 0.3 is 5.97 Å². The number of nitrogens with one attached hydrogen (secondary N) is 3. The van der Waals surface area contributed by atoms with E-state index in [-0.39, 0.29) is 24.7 Å². The van der Waals surface area contributed by atoms with E-state index in [0.717, 1.165) is 5.57 Å². The zero-order valence-corrected chi connectivity index (χ0v) is 42.8. The number of rotatable bonds is 10. The standard InChI is InChI=1S/C48H75ClN6O9S/c1-16-29(5)40-43(58)52-48(10,11)47(62)64-41(30(6)17-2)32(8)38(63-27-65-15)23-18-31(7)44(59)54(13)36(24-28(3)4)42(57)50-33(9)45(60)55(14)37(25-34-19-21-35(49)22-20-34)46(61)53(12)26-39(56)51-40/h17-22,28-29,32-33,36-38,40-41H,16,23-27H2,1-15H3,(H,50,57)(H,51,56)(H,52,58)/b30-17+,31-18-/t29-,32+,33+,36-,37-,38+,40+,41-/m1/s1. The van der Waals surface area contributed by atoms with Crippen LogP contribution in [0, 0.1) is 17.8 Å². The van der Waals surface area contributed by atoms with Crippen molar-refractivity contribution in [1.29, 1.82) is 0 Å². The average Bonchev–Trinajstić information content (AvgIpc) is 3.25. The molecule has 0 bridgehead atoms. The molecule has 2 rings (SSSR count). The Bertz CT molecular complexity index is 1890. The number of ether oxygens (including phenoxy) is 2. The maximum Gasteiger partial charge on any atom is 0.331 e. The summed E-state index contributed by atoms with van der Waals surface area (Å²) < 4.78 is 12.5. The Hall–Kier alpha value is -4.41. The summed E-state index contributed by atoms with van der Waals surface area (Å²) in [6.45, 7) is 18.9. The van der Waals surface area contributed by atoms with E-state index in [9.17, 15) is 33.6 Å². The molecule has 0 aliphatic carbocycles. The summed E-state index contributed by atoms with van der Waals surface area (Å²) in [6, 6.07) is 2.49. The largest absolute Gasteiger partial charge is 0.456 e. The second-order valence-electron chi connectivity index (χ2n) is 18.3. The van der Waals surface area contributed by atoms with Crippen molar-refractivity contribution in [3.8, 4) is 0 Å². The fourth-order valence-electron chi connectivity index (χ4n) is 7.48. The van der Waals surface area contributed by atoms with Gasteiger partial charge < -0.3 is 40.1 Å². The van der Waals surface area contributed by atoms with Crippen LogP contribution >= 0.6 is 23.4 Å². The maximum absolute atomic E-state index is 14.3. The molecule has 0 aromatic heterocycles. The second kappa shape index (κ2) is 26.1. The van der Waals surface area contributed by atoms with Crippen molar-refractivity contribution < 1.29 is 43.0 Å². The molecule has 15 nitrogen and oxygen atoms in total. The minimum atomic E-state index is -1.55. The first kappa shape index (κ1) is 56.7. The number of amides is 6. The van der Waals surface area contributed by atoms with Gasteiger partial charge in [-0.05, 0) is 95.7 Å². The lowest BCUT2D eigenvalue weighted by molar-refractivity contribution is -0.160. The van der Waals surface area contributed by atoms with Crippen molar-refractivity contribution in [1.82, 2.24) is 30.7 Å². The van der Waals surface area contributed by atoms with Gasteiger partial charge in [0.15, 0.2) is 0 Å². The van der Waals surface area contributed by atoms with E-state index in [1.54, 1.807) is 51.2 Å². The molecule has 1 heterocycles. The molecule has 17 heteroatoms. The van der Waals surface area contributed by atoms with E-state index in [2.05, 4.69) is 16.0 Å². The van der Waals surface area contributed by atoms with Crippen LogP contribution in [0.4, 0.5) is 0 Å². The predicted molar refractivity (Wildman–Crippen MR) is 257 cm³/mol. The molecule has 0 fully saturated rings. The molecule has 3 N–H and O–H groups in total. The van der Waals surface area contributed by atoms with Gasteiger partial charge in [-0.25, -0.2) is 4.79 Å². The van der Waals surface area contributed by atoms with Crippen molar-refractivity contribution in [2.24, 2.45) is 17.8 Å². The number of cyclic esters (lactones) is 1. The van der Waals surface area contributed by atoms with Crippen molar-refractivity contribution in [3.05, 3.63) is 58.1 Å². The Morgan fingerprint density at radius 3 is 2.12 bits per heavy atom. The van der Waals surface area contributed by atoms with Gasteiger partial charge in [-0.1, -0.05) is 76.9 Å². The van der Waals surface area contributed by atoms with Crippen LogP contribution in [0.3, 0.4) is 0 Å². The summed E-state index contributed by atoms with van der Waals surface area (Å²) in [5, 5.41) is 8.86. The number of benzene rings is 1. The minimum absolute atomic E-state index is 0.00754. The average molecular weight is 948 g/mol. The van der Waals surface area contributed by atoms with E-state index in [1.807, 2.05) is 53.9 Å². The normalized spacial score (nSPS) is 27.1. The Kier molecular flexibility index (Phi) is 22.7. The van der Waals surface area contributed by atoms with Crippen LogP contribution in [0.15, 0.2) is 47.6 Å². The zero-order valence-electron chi connectivity index (χ0n) is 41.2. The molecule has 364 valence electrons. The minimum Gasteiger partial charge on any atom is -0.456 e. The van der Waals surface area contributed by atoms with E-state index in [0.29, 0.717) is 34.9 Å². The third-order valence-electron chi connectivity index (χ3n) is 12.1. The van der Waals surface area contributed by atoms with Gasteiger partial charge in [0.25, 0.3) is 0 Å². The van der Waals surface area contributed by atoms with Gasteiger partial charge in [0, 0.05) is 44.1 Å². The third-order valence-corrected chi connectivity index (χ3v) is 12.7. The lowest BCUT2D eigenvalue weighted by Crippen LogP contribution is -2.60. The van der Waals surface area contributed by atoms with Crippen molar-refractivity contribution in [3.63, 3.8) is 0 Å². The molecule has 0 radical (unpaired) electrons. The van der Waals surface area contributed by atoms with Gasteiger partial charge in [-0.3, -0.25) is 28.8 Å². The van der Waals surface area contributed by atoms with E-state index in [1.165, 1.54) is 61.3 Å². The summed E-state index contributed by atoms with van der Waals surface area (Å²) in [5.41, 5.74) is 0.235. The van der Waals surface area contributed by atoms with Crippen molar-refractivity contribution >= 4 is 64.8 Å². The highest BCUT2D eigenvalue weighted by atomic mass is 35.5. The molecule has 1 aliphatic heterocycles. The summed E-state index contributed by atoms with van der Waals surface area (Å²) in [4.78, 5) is 102. The van der Waals surface area contributed by atoms with Crippen LogP contribution in [0.25, 0.3) is 0 Å². The topological polar surface area (TPSA) is 184 Å². The summed E-state index contributed by atoms with van der Waals surface area (Å²) in [6.07, 6.45) is 5.27. The quantitative estimate of drug-likeness (QED) is 0.153. The first-order valence-electron chi connectivity index (χ1n) is 22.4. The summed E-state index contributed by atoms with van der Waals surface area (Å²) in [7, 11) is 4.43. The van der Waals surface area contributed by atoms with Crippen molar-refractivity contribution in [2.45, 2.75) is 144 Å². The van der Waals surface area contributed by atoms with E-state index in [4.69, 9.17) is 21.1 Å². The summed E-state index contributed by atoms with van der Waals surface area (Å²) >= 11 is 7.63. The van der Waals surface area contributed by atoms with Crippen LogP contribution in [-0.4, -0.2) is 138 Å². The number of hydrogen-bond acceptors (Lipinski definition) is 10. The molecule has 0 saturated carbocycles. The number of nitrogens with zero attached hydrogens (tertiary/aromatic N) is 3. The Labute approximate surface area is 396 Å². The number of hydrogen-bond donors (Lipinski definition) is 3. The molecule has 8 atom stereocenters. The number of halogens is 1. The van der Waals surface area contributed by atoms with Gasteiger partial charge in [0.1, 0.15) is 35.8 Å². The molecule has 0 spiro atoms. The molecule has 0 unspecified atom stereocenters. The van der Waals surface area contributed by atoms with Crippen LogP contribution < -0.4 is 16.0 Å². The fraction of sp³-hybridized carbons (Fsp3) is 0.646. The highest BCUT2D eigenvalue weighted by molar-refractivity contribution is 7.98. The van der Waals surface area contributed by atoms with Gasteiger partial charge in [-0.2, -0.15) is 0 Å². The number of carbonyl (C=O) groups is 7. The van der Waals surface area contributed by atoms with Crippen LogP contribution in [0.2, 0.25) is 5.02 Å². The van der Waals surface area contributed by atoms with Gasteiger partial charge in [-0.15, -0.1) is 11.8 Å². The SMILES string of the molecule is C/C=C(\C)[C@H]1OC(=O)C(C)(C)NC(=O)[C@H]([C@H](C)CC)NC(=O)CN(C)C(=O)[C@@H](Cc2ccc(Cl)cc2)N(C)C(=O)[C@H](C)NC(=O)[C@@H](CC(C)C)N(C)C(=O)/C(C)=C\C[C@H](OCSC)[C@@H]1C. The molecule has 1 aromatic carbocycles. The Morgan fingerprint density at radius 2 is 1.57 bits per heavy atom. The van der Waals surface area contributed by atoms with Crippen molar-refractivity contribution in [2.75, 3.05) is 39.9 Å². The predicted octanol–water partition coefficient (Wildman–Crippen LogP) is 5.54. The number of allylic oxidation sites excluding steroid dienone is 1. The number of thioether (sulfide) groups is 1. The third kappa shape index (κ3) is 16.5. The maximum atomic E-state index is 14.3. The van der Waals surface area contributed by atoms with E-state index >= 15 is 0 Å². The highest BCUT2D eigenvalue weighted by Crippen LogP contribution is 2.28. The Morgan fingerprint density at radius 1 is 0.954 bits per heavy atom. The highest BCUT2D eigenvalue weighted by Gasteiger charge is 2.40. The first-order valence-corrected chi connectivity index (χ1v) is 24.1. The van der Waals surface area contributed by atoms with Gasteiger partial charge in [0.05, 0.1) is 18.6 Å². The monoisotopic (exact) mass is 947 g/mol. The fourth-order valence-corrected chi connectivity index (χ4v) is 7.92. The Balaban J connectivity index is 2.77. The van der Waals surface area contributed by atoms with Crippen LogP contribution in [-0.2, 0) is 49.5 Å². The molecule has 6 amide bonds.